The fourth-order valence-electron chi connectivity index (χ4n) is 1.26. The summed E-state index contributed by atoms with van der Waals surface area (Å²) in [6.07, 6.45) is 1.60. The summed E-state index contributed by atoms with van der Waals surface area (Å²) in [5.74, 6) is 0. The minimum atomic E-state index is -0.403. The number of nitrogens with one attached hydrogen (secondary N) is 1. The molecule has 0 amide bonds. The van der Waals surface area contributed by atoms with Crippen LogP contribution in [0.15, 0.2) is 35.9 Å². The number of aliphatic hydroxyl groups is 1. The van der Waals surface area contributed by atoms with Crippen molar-refractivity contribution in [3.8, 4) is 0 Å². The van der Waals surface area contributed by atoms with Gasteiger partial charge in [-0.2, -0.15) is 0 Å². The van der Waals surface area contributed by atoms with Crippen LogP contribution in [0.25, 0.3) is 6.08 Å². The third-order valence-electron chi connectivity index (χ3n) is 2.12. The Balaban J connectivity index is 2.68. The maximum absolute atomic E-state index is 9.65. The summed E-state index contributed by atoms with van der Waals surface area (Å²) in [5.41, 5.74) is 2.10. The first-order valence-corrected chi connectivity index (χ1v) is 4.80. The average molecular weight is 191 g/mol. The smallest absolute Gasteiger partial charge is 0.0874 e. The van der Waals surface area contributed by atoms with Gasteiger partial charge in [0, 0.05) is 6.54 Å². The van der Waals surface area contributed by atoms with Crippen molar-refractivity contribution in [3.05, 3.63) is 41.5 Å². The van der Waals surface area contributed by atoms with Crippen LogP contribution in [0.3, 0.4) is 0 Å². The van der Waals surface area contributed by atoms with Gasteiger partial charge in [0.15, 0.2) is 0 Å². The molecule has 2 heteroatoms. The molecule has 0 aliphatic heterocycles. The van der Waals surface area contributed by atoms with Crippen LogP contribution in [0.4, 0.5) is 0 Å². The number of likely N-dealkylation sites (N-methyl/N-ethyl adjacent to an activating group) is 1. The molecule has 0 heterocycles. The van der Waals surface area contributed by atoms with E-state index in [4.69, 9.17) is 0 Å². The molecule has 1 atom stereocenters. The molecule has 0 radical (unpaired) electrons. The van der Waals surface area contributed by atoms with E-state index in [1.165, 1.54) is 0 Å². The molecule has 0 saturated carbocycles. The van der Waals surface area contributed by atoms with Crippen molar-refractivity contribution in [3.63, 3.8) is 0 Å². The highest BCUT2D eigenvalue weighted by molar-refractivity contribution is 5.52. The van der Waals surface area contributed by atoms with Crippen molar-refractivity contribution in [2.75, 3.05) is 13.6 Å². The van der Waals surface area contributed by atoms with Crippen molar-refractivity contribution < 1.29 is 5.11 Å². The van der Waals surface area contributed by atoms with E-state index in [0.29, 0.717) is 6.54 Å². The second kappa shape index (κ2) is 5.58. The fourth-order valence-corrected chi connectivity index (χ4v) is 1.26. The largest absolute Gasteiger partial charge is 0.387 e. The summed E-state index contributed by atoms with van der Waals surface area (Å²) in [6, 6.07) is 10.0. The molecule has 1 aromatic carbocycles. The van der Waals surface area contributed by atoms with E-state index >= 15 is 0 Å². The number of hydrogen-bond acceptors (Lipinski definition) is 2. The van der Waals surface area contributed by atoms with E-state index in [9.17, 15) is 5.11 Å². The summed E-state index contributed by atoms with van der Waals surface area (Å²) >= 11 is 0. The van der Waals surface area contributed by atoms with Gasteiger partial charge >= 0.3 is 0 Å². The van der Waals surface area contributed by atoms with Crippen molar-refractivity contribution >= 4 is 6.08 Å². The van der Waals surface area contributed by atoms with Gasteiger partial charge in [0.05, 0.1) is 6.10 Å². The molecule has 1 unspecified atom stereocenters. The van der Waals surface area contributed by atoms with E-state index in [-0.39, 0.29) is 0 Å². The van der Waals surface area contributed by atoms with Gasteiger partial charge in [-0.3, -0.25) is 0 Å². The van der Waals surface area contributed by atoms with Crippen molar-refractivity contribution in [1.29, 1.82) is 0 Å². The maximum Gasteiger partial charge on any atom is 0.0874 e. The molecule has 76 valence electrons. The lowest BCUT2D eigenvalue weighted by molar-refractivity contribution is 0.211. The summed E-state index contributed by atoms with van der Waals surface area (Å²) < 4.78 is 0. The molecule has 14 heavy (non-hydrogen) atoms. The lowest BCUT2D eigenvalue weighted by Gasteiger charge is -2.10. The summed E-state index contributed by atoms with van der Waals surface area (Å²) in [5, 5.41) is 12.6. The monoisotopic (exact) mass is 191 g/mol. The Hall–Kier alpha value is -1.12. The average Bonchev–Trinajstić information content (AvgIpc) is 2.19. The molecular formula is C12H17NO. The van der Waals surface area contributed by atoms with E-state index in [1.54, 1.807) is 0 Å². The van der Waals surface area contributed by atoms with Crippen molar-refractivity contribution in [1.82, 2.24) is 5.32 Å². The van der Waals surface area contributed by atoms with Gasteiger partial charge in [-0.25, -0.2) is 0 Å². The zero-order valence-electron chi connectivity index (χ0n) is 8.70. The molecule has 0 saturated heterocycles. The van der Waals surface area contributed by atoms with Gasteiger partial charge in [-0.1, -0.05) is 36.4 Å². The number of hydrogen-bond donors (Lipinski definition) is 2. The van der Waals surface area contributed by atoms with Gasteiger partial charge in [0.1, 0.15) is 0 Å². The van der Waals surface area contributed by atoms with Crippen molar-refractivity contribution in [2.24, 2.45) is 0 Å². The Morgan fingerprint density at radius 2 is 2.07 bits per heavy atom. The molecule has 0 aromatic heterocycles. The topological polar surface area (TPSA) is 32.3 Å². The van der Waals surface area contributed by atoms with E-state index in [0.717, 1.165) is 11.1 Å². The van der Waals surface area contributed by atoms with Crippen LogP contribution in [0.2, 0.25) is 0 Å². The van der Waals surface area contributed by atoms with Crippen LogP contribution in [-0.4, -0.2) is 24.8 Å². The first-order chi connectivity index (χ1) is 6.74. The zero-order valence-corrected chi connectivity index (χ0v) is 8.70. The lowest BCUT2D eigenvalue weighted by atomic mass is 10.1. The Morgan fingerprint density at radius 3 is 2.64 bits per heavy atom. The predicted molar refractivity (Wildman–Crippen MR) is 60.0 cm³/mol. The van der Waals surface area contributed by atoms with Crippen molar-refractivity contribution in [2.45, 2.75) is 13.0 Å². The SMILES string of the molecule is CNCC(O)/C(C)=C/c1ccccc1. The van der Waals surface area contributed by atoms with Crippen LogP contribution in [-0.2, 0) is 0 Å². The predicted octanol–water partition coefficient (Wildman–Crippen LogP) is 1.67. The highest BCUT2D eigenvalue weighted by Crippen LogP contribution is 2.08. The van der Waals surface area contributed by atoms with E-state index in [2.05, 4.69) is 5.32 Å². The molecule has 0 spiro atoms. The van der Waals surface area contributed by atoms with Gasteiger partial charge < -0.3 is 10.4 Å². The minimum Gasteiger partial charge on any atom is -0.387 e. The molecular weight excluding hydrogens is 174 g/mol. The van der Waals surface area contributed by atoms with Crippen LogP contribution < -0.4 is 5.32 Å². The Kier molecular flexibility index (Phi) is 4.36. The normalized spacial score (nSPS) is 14.1. The Bertz CT molecular complexity index is 292. The van der Waals surface area contributed by atoms with Gasteiger partial charge in [-0.15, -0.1) is 0 Å². The van der Waals surface area contributed by atoms with Gasteiger partial charge in [0.2, 0.25) is 0 Å². The van der Waals surface area contributed by atoms with Gasteiger partial charge in [0.25, 0.3) is 0 Å². The van der Waals surface area contributed by atoms with E-state index < -0.39 is 6.10 Å². The molecule has 0 bridgehead atoms. The molecule has 1 aromatic rings. The van der Waals surface area contributed by atoms with Crippen LogP contribution in [0.1, 0.15) is 12.5 Å². The standard InChI is InChI=1S/C12H17NO/c1-10(12(14)9-13-2)8-11-6-4-3-5-7-11/h3-8,12-14H,9H2,1-2H3/b10-8+. The molecule has 2 nitrogen and oxygen atoms in total. The third-order valence-corrected chi connectivity index (χ3v) is 2.12. The fraction of sp³-hybridized carbons (Fsp3) is 0.333. The van der Waals surface area contributed by atoms with E-state index in [1.807, 2.05) is 50.4 Å². The van der Waals surface area contributed by atoms with Crippen LogP contribution in [0, 0.1) is 0 Å². The highest BCUT2D eigenvalue weighted by atomic mass is 16.3. The quantitative estimate of drug-likeness (QED) is 0.758. The summed E-state index contributed by atoms with van der Waals surface area (Å²) in [6.45, 7) is 2.53. The molecule has 0 aliphatic carbocycles. The Morgan fingerprint density at radius 1 is 1.43 bits per heavy atom. The third kappa shape index (κ3) is 3.32. The second-order valence-corrected chi connectivity index (χ2v) is 3.37. The number of benzene rings is 1. The van der Waals surface area contributed by atoms with Gasteiger partial charge in [-0.05, 0) is 25.1 Å². The first kappa shape index (κ1) is 11.0. The first-order valence-electron chi connectivity index (χ1n) is 4.80. The number of rotatable bonds is 4. The maximum atomic E-state index is 9.65. The zero-order chi connectivity index (χ0) is 10.4. The summed E-state index contributed by atoms with van der Waals surface area (Å²) in [7, 11) is 1.83. The minimum absolute atomic E-state index is 0.403. The number of aliphatic hydroxyl groups excluding tert-OH is 1. The molecule has 2 N–H and O–H groups in total. The van der Waals surface area contributed by atoms with Crippen LogP contribution in [0.5, 0.6) is 0 Å². The molecule has 0 aliphatic rings. The summed E-state index contributed by atoms with van der Waals surface area (Å²) in [4.78, 5) is 0. The van der Waals surface area contributed by atoms with Crippen LogP contribution >= 0.6 is 0 Å². The molecule has 0 fully saturated rings. The highest BCUT2D eigenvalue weighted by Gasteiger charge is 2.03. The Labute approximate surface area is 85.3 Å². The lowest BCUT2D eigenvalue weighted by Crippen LogP contribution is -2.24. The second-order valence-electron chi connectivity index (χ2n) is 3.37. The molecule has 1 rings (SSSR count).